The fourth-order valence-corrected chi connectivity index (χ4v) is 2.00. The highest BCUT2D eigenvalue weighted by molar-refractivity contribution is 7.18. The number of hydrogen-bond acceptors (Lipinski definition) is 2. The highest BCUT2D eigenvalue weighted by Gasteiger charge is 2.05. The molecule has 0 amide bonds. The van der Waals surface area contributed by atoms with Crippen molar-refractivity contribution in [1.29, 1.82) is 0 Å². The summed E-state index contributed by atoms with van der Waals surface area (Å²) >= 11 is 1.37. The molecular formula is C9H5FN2S. The Labute approximate surface area is 78.5 Å². The van der Waals surface area contributed by atoms with Gasteiger partial charge in [0.05, 0.1) is 10.2 Å². The zero-order valence-corrected chi connectivity index (χ0v) is 7.44. The van der Waals surface area contributed by atoms with Crippen molar-refractivity contribution in [2.45, 2.75) is 6.54 Å². The topological polar surface area (TPSA) is 17.2 Å². The van der Waals surface area contributed by atoms with Crippen LogP contribution in [0.1, 0.15) is 5.01 Å². The van der Waals surface area contributed by atoms with E-state index in [4.69, 9.17) is 6.57 Å². The second-order valence-electron chi connectivity index (χ2n) is 2.54. The van der Waals surface area contributed by atoms with Crippen LogP contribution >= 0.6 is 11.3 Å². The van der Waals surface area contributed by atoms with Gasteiger partial charge in [-0.15, -0.1) is 11.3 Å². The van der Waals surface area contributed by atoms with E-state index in [2.05, 4.69) is 9.83 Å². The van der Waals surface area contributed by atoms with Gasteiger partial charge in [0.1, 0.15) is 5.82 Å². The van der Waals surface area contributed by atoms with E-state index in [-0.39, 0.29) is 12.4 Å². The van der Waals surface area contributed by atoms with E-state index >= 15 is 0 Å². The Morgan fingerprint density at radius 3 is 3.15 bits per heavy atom. The molecule has 1 aromatic carbocycles. The summed E-state index contributed by atoms with van der Waals surface area (Å²) < 4.78 is 13.6. The van der Waals surface area contributed by atoms with Crippen LogP contribution in [0.3, 0.4) is 0 Å². The third-order valence-electron chi connectivity index (χ3n) is 1.61. The fourth-order valence-electron chi connectivity index (χ4n) is 1.08. The predicted molar refractivity (Wildman–Crippen MR) is 49.9 cm³/mol. The summed E-state index contributed by atoms with van der Waals surface area (Å²) in [5.41, 5.74) is 0.769. The minimum Gasteiger partial charge on any atom is -0.309 e. The Morgan fingerprint density at radius 1 is 1.54 bits per heavy atom. The van der Waals surface area contributed by atoms with Crippen LogP contribution in [0.5, 0.6) is 0 Å². The van der Waals surface area contributed by atoms with E-state index in [1.54, 1.807) is 6.07 Å². The molecule has 0 unspecified atom stereocenters. The van der Waals surface area contributed by atoms with E-state index in [1.165, 1.54) is 23.5 Å². The molecule has 2 rings (SSSR count). The summed E-state index contributed by atoms with van der Waals surface area (Å²) in [6.45, 7) is 6.95. The van der Waals surface area contributed by atoms with Gasteiger partial charge in [-0.1, -0.05) is 0 Å². The molecule has 4 heteroatoms. The van der Waals surface area contributed by atoms with Crippen molar-refractivity contribution >= 4 is 21.6 Å². The molecule has 0 aliphatic carbocycles. The monoisotopic (exact) mass is 192 g/mol. The average molecular weight is 192 g/mol. The molecule has 64 valence electrons. The lowest BCUT2D eigenvalue weighted by molar-refractivity contribution is 0.630. The molecule has 2 aromatic rings. The lowest BCUT2D eigenvalue weighted by Gasteiger charge is -1.85. The average Bonchev–Trinajstić information content (AvgIpc) is 2.46. The first-order chi connectivity index (χ1) is 6.29. The van der Waals surface area contributed by atoms with E-state index in [0.29, 0.717) is 0 Å². The maximum absolute atomic E-state index is 12.8. The number of hydrogen-bond donors (Lipinski definition) is 0. The summed E-state index contributed by atoms with van der Waals surface area (Å²) in [5.74, 6) is -0.259. The molecule has 1 heterocycles. The molecule has 0 radical (unpaired) electrons. The first-order valence-electron chi connectivity index (χ1n) is 3.68. The van der Waals surface area contributed by atoms with Crippen molar-refractivity contribution in [3.63, 3.8) is 0 Å². The van der Waals surface area contributed by atoms with Crippen LogP contribution in [0.15, 0.2) is 18.2 Å². The van der Waals surface area contributed by atoms with Gasteiger partial charge in [0, 0.05) is 0 Å². The molecule has 0 atom stereocenters. The number of aromatic nitrogens is 1. The van der Waals surface area contributed by atoms with Gasteiger partial charge in [-0.3, -0.25) is 0 Å². The van der Waals surface area contributed by atoms with Gasteiger partial charge in [-0.05, 0) is 18.2 Å². The maximum Gasteiger partial charge on any atom is 0.265 e. The molecule has 13 heavy (non-hydrogen) atoms. The zero-order chi connectivity index (χ0) is 9.26. The normalized spacial score (nSPS) is 10.2. The Kier molecular flexibility index (Phi) is 1.95. The van der Waals surface area contributed by atoms with Gasteiger partial charge < -0.3 is 4.85 Å². The Balaban J connectivity index is 2.57. The van der Waals surface area contributed by atoms with Crippen LogP contribution in [0.4, 0.5) is 4.39 Å². The van der Waals surface area contributed by atoms with Crippen molar-refractivity contribution in [2.75, 3.05) is 0 Å². The van der Waals surface area contributed by atoms with Crippen LogP contribution in [0.25, 0.3) is 15.1 Å². The molecule has 0 aliphatic heterocycles. The highest BCUT2D eigenvalue weighted by Crippen LogP contribution is 2.23. The summed E-state index contributed by atoms with van der Waals surface area (Å²) in [6.07, 6.45) is 0. The second kappa shape index (κ2) is 3.11. The number of nitrogens with zero attached hydrogens (tertiary/aromatic N) is 2. The lowest BCUT2D eigenvalue weighted by atomic mass is 10.3. The standard InChI is InChI=1S/C9H5FN2S/c1-11-5-9-12-7-3-2-6(10)4-8(7)13-9/h2-4H,5H2. The number of benzene rings is 1. The van der Waals surface area contributed by atoms with E-state index in [0.717, 1.165) is 15.2 Å². The van der Waals surface area contributed by atoms with Crippen LogP contribution in [0.2, 0.25) is 0 Å². The summed E-state index contributed by atoms with van der Waals surface area (Å²) in [6, 6.07) is 4.46. The SMILES string of the molecule is [C-]#[N+]Cc1nc2ccc(F)cc2s1. The lowest BCUT2D eigenvalue weighted by Crippen LogP contribution is -1.74. The van der Waals surface area contributed by atoms with E-state index < -0.39 is 0 Å². The van der Waals surface area contributed by atoms with Crippen molar-refractivity contribution in [3.05, 3.63) is 40.4 Å². The molecule has 0 saturated heterocycles. The van der Waals surface area contributed by atoms with Crippen LogP contribution in [0, 0.1) is 12.4 Å². The van der Waals surface area contributed by atoms with E-state index in [1.807, 2.05) is 0 Å². The van der Waals surface area contributed by atoms with Gasteiger partial charge >= 0.3 is 0 Å². The molecule has 0 fully saturated rings. The summed E-state index contributed by atoms with van der Waals surface area (Å²) in [4.78, 5) is 7.41. The zero-order valence-electron chi connectivity index (χ0n) is 6.62. The Bertz CT molecular complexity index is 484. The predicted octanol–water partition coefficient (Wildman–Crippen LogP) is 2.85. The van der Waals surface area contributed by atoms with E-state index in [9.17, 15) is 4.39 Å². The van der Waals surface area contributed by atoms with Gasteiger partial charge in [0.15, 0.2) is 5.01 Å². The molecule has 0 N–H and O–H groups in total. The molecule has 0 saturated carbocycles. The number of thiazole rings is 1. The molecule has 2 nitrogen and oxygen atoms in total. The third kappa shape index (κ3) is 1.51. The molecular weight excluding hydrogens is 187 g/mol. The first-order valence-corrected chi connectivity index (χ1v) is 4.49. The number of fused-ring (bicyclic) bond motifs is 1. The van der Waals surface area contributed by atoms with Gasteiger partial charge in [0.2, 0.25) is 0 Å². The summed E-state index contributed by atoms with van der Waals surface area (Å²) in [7, 11) is 0. The van der Waals surface area contributed by atoms with Crippen LogP contribution in [-0.2, 0) is 6.54 Å². The molecule has 0 bridgehead atoms. The maximum atomic E-state index is 12.8. The Morgan fingerprint density at radius 2 is 2.38 bits per heavy atom. The van der Waals surface area contributed by atoms with Crippen molar-refractivity contribution in [1.82, 2.24) is 4.98 Å². The van der Waals surface area contributed by atoms with Crippen LogP contribution in [-0.4, -0.2) is 4.98 Å². The fraction of sp³-hybridized carbons (Fsp3) is 0.111. The molecule has 0 spiro atoms. The van der Waals surface area contributed by atoms with Gasteiger partial charge in [-0.2, -0.15) is 0 Å². The first kappa shape index (κ1) is 8.14. The quantitative estimate of drug-likeness (QED) is 0.635. The second-order valence-corrected chi connectivity index (χ2v) is 3.65. The minimum absolute atomic E-state index is 0.259. The third-order valence-corrected chi connectivity index (χ3v) is 2.61. The smallest absolute Gasteiger partial charge is 0.265 e. The van der Waals surface area contributed by atoms with Crippen molar-refractivity contribution in [3.8, 4) is 0 Å². The number of rotatable bonds is 1. The number of halogens is 1. The Hall–Kier alpha value is -1.47. The van der Waals surface area contributed by atoms with Gasteiger partial charge in [0.25, 0.3) is 6.54 Å². The highest BCUT2D eigenvalue weighted by atomic mass is 32.1. The minimum atomic E-state index is -0.259. The van der Waals surface area contributed by atoms with Crippen LogP contribution < -0.4 is 0 Å². The molecule has 1 aromatic heterocycles. The largest absolute Gasteiger partial charge is 0.309 e. The molecule has 0 aliphatic rings. The van der Waals surface area contributed by atoms with Crippen molar-refractivity contribution in [2.24, 2.45) is 0 Å². The van der Waals surface area contributed by atoms with Crippen molar-refractivity contribution < 1.29 is 4.39 Å². The van der Waals surface area contributed by atoms with Gasteiger partial charge in [-0.25, -0.2) is 15.9 Å². The summed E-state index contributed by atoms with van der Waals surface area (Å²) in [5, 5.41) is 0.746.